The zero-order chi connectivity index (χ0) is 21.6. The van der Waals surface area contributed by atoms with E-state index in [1.54, 1.807) is 20.8 Å². The molecule has 0 aromatic heterocycles. The van der Waals surface area contributed by atoms with Crippen molar-refractivity contribution in [2.24, 2.45) is 5.92 Å². The topological polar surface area (TPSA) is 84.9 Å². The van der Waals surface area contributed by atoms with Crippen LogP contribution in [0.2, 0.25) is 0 Å². The largest absolute Gasteiger partial charge is 0.493 e. The molecule has 0 spiro atoms. The van der Waals surface area contributed by atoms with E-state index >= 15 is 0 Å². The molecule has 6 nitrogen and oxygen atoms in total. The van der Waals surface area contributed by atoms with Gasteiger partial charge in [-0.2, -0.15) is 0 Å². The van der Waals surface area contributed by atoms with Gasteiger partial charge in [-0.05, 0) is 49.9 Å². The molecule has 2 N–H and O–H groups in total. The lowest BCUT2D eigenvalue weighted by Gasteiger charge is -2.23. The number of carboxylic acids is 1. The van der Waals surface area contributed by atoms with E-state index in [2.05, 4.69) is 19.2 Å². The predicted octanol–water partition coefficient (Wildman–Crippen LogP) is 4.79. The van der Waals surface area contributed by atoms with Gasteiger partial charge in [0.2, 0.25) is 0 Å². The fraction of sp³-hybridized carbons (Fsp3) is 0.478. The number of benzene rings is 2. The van der Waals surface area contributed by atoms with Crippen molar-refractivity contribution >= 4 is 22.8 Å². The summed E-state index contributed by atoms with van der Waals surface area (Å²) in [6.07, 6.45) is 0.227. The van der Waals surface area contributed by atoms with Crippen LogP contribution in [0.5, 0.6) is 5.75 Å². The van der Waals surface area contributed by atoms with E-state index in [1.807, 2.05) is 36.4 Å². The number of fused-ring (bicyclic) bond motifs is 1. The molecule has 0 fully saturated rings. The number of carboxylic acid groups (broad SMARTS) is 1. The van der Waals surface area contributed by atoms with Crippen LogP contribution in [0, 0.1) is 5.92 Å². The Balaban J connectivity index is 2.32. The van der Waals surface area contributed by atoms with Gasteiger partial charge >= 0.3 is 12.1 Å². The number of hydrogen-bond donors (Lipinski definition) is 2. The minimum atomic E-state index is -1.14. The second kappa shape index (κ2) is 9.63. The first kappa shape index (κ1) is 22.5. The molecule has 1 amide bonds. The van der Waals surface area contributed by atoms with Gasteiger partial charge in [-0.3, -0.25) is 0 Å². The van der Waals surface area contributed by atoms with Crippen molar-refractivity contribution in [2.75, 3.05) is 6.61 Å². The number of alkyl carbamates (subject to hydrolysis) is 1. The number of rotatable bonds is 8. The maximum Gasteiger partial charge on any atom is 0.408 e. The third-order valence-corrected chi connectivity index (χ3v) is 4.35. The Hall–Kier alpha value is -2.76. The molecule has 158 valence electrons. The molecule has 1 atom stereocenters. The third kappa shape index (κ3) is 6.97. The predicted molar refractivity (Wildman–Crippen MR) is 113 cm³/mol. The summed E-state index contributed by atoms with van der Waals surface area (Å²) >= 11 is 0. The van der Waals surface area contributed by atoms with Crippen molar-refractivity contribution < 1.29 is 24.2 Å². The van der Waals surface area contributed by atoms with Crippen molar-refractivity contribution in [3.63, 3.8) is 0 Å². The Morgan fingerprint density at radius 1 is 1.10 bits per heavy atom. The molecule has 6 heteroatoms. The molecule has 1 unspecified atom stereocenters. The van der Waals surface area contributed by atoms with E-state index in [1.165, 1.54) is 0 Å². The van der Waals surface area contributed by atoms with E-state index in [9.17, 15) is 14.7 Å². The fourth-order valence-corrected chi connectivity index (χ4v) is 2.92. The van der Waals surface area contributed by atoms with Gasteiger partial charge in [0.25, 0.3) is 0 Å². The maximum absolute atomic E-state index is 12.1. The van der Waals surface area contributed by atoms with Crippen LogP contribution in [0.4, 0.5) is 4.79 Å². The lowest BCUT2D eigenvalue weighted by molar-refractivity contribution is -0.139. The first-order chi connectivity index (χ1) is 13.6. The Bertz CT molecular complexity index is 854. The van der Waals surface area contributed by atoms with Crippen LogP contribution in [-0.4, -0.2) is 35.4 Å². The molecule has 2 rings (SSSR count). The van der Waals surface area contributed by atoms with E-state index in [0.717, 1.165) is 22.8 Å². The summed E-state index contributed by atoms with van der Waals surface area (Å²) in [4.78, 5) is 24.0. The summed E-state index contributed by atoms with van der Waals surface area (Å²) in [5.41, 5.74) is 0.0489. The van der Waals surface area contributed by atoms with Gasteiger partial charge in [-0.1, -0.05) is 44.2 Å². The Kier molecular flexibility index (Phi) is 7.48. The van der Waals surface area contributed by atoms with Crippen LogP contribution in [0.25, 0.3) is 10.8 Å². The highest BCUT2D eigenvalue weighted by Gasteiger charge is 2.26. The van der Waals surface area contributed by atoms with Gasteiger partial charge in [0, 0.05) is 12.0 Å². The van der Waals surface area contributed by atoms with Gasteiger partial charge in [0.15, 0.2) is 0 Å². The molecule has 0 heterocycles. The molecule has 0 aliphatic heterocycles. The SMILES string of the molecule is CC(C)CCOc1ccc2ccccc2c1CC(NC(=O)OC(C)(C)C)C(=O)O. The van der Waals surface area contributed by atoms with Crippen LogP contribution in [-0.2, 0) is 16.0 Å². The number of carbonyl (C=O) groups is 2. The summed E-state index contributed by atoms with van der Waals surface area (Å²) in [6, 6.07) is 10.4. The van der Waals surface area contributed by atoms with E-state index in [0.29, 0.717) is 18.3 Å². The summed E-state index contributed by atoms with van der Waals surface area (Å²) in [6.45, 7) is 9.97. The summed E-state index contributed by atoms with van der Waals surface area (Å²) in [7, 11) is 0. The second-order valence-corrected chi connectivity index (χ2v) is 8.54. The van der Waals surface area contributed by atoms with Crippen molar-refractivity contribution in [3.05, 3.63) is 42.0 Å². The fourth-order valence-electron chi connectivity index (χ4n) is 2.92. The summed E-state index contributed by atoms with van der Waals surface area (Å²) in [5.74, 6) is 0.0121. The number of aliphatic carboxylic acids is 1. The zero-order valence-electron chi connectivity index (χ0n) is 17.8. The molecular weight excluding hydrogens is 370 g/mol. The quantitative estimate of drug-likeness (QED) is 0.665. The maximum atomic E-state index is 12.1. The second-order valence-electron chi connectivity index (χ2n) is 8.54. The lowest BCUT2D eigenvalue weighted by atomic mass is 9.97. The minimum absolute atomic E-state index is 0.0902. The lowest BCUT2D eigenvalue weighted by Crippen LogP contribution is -2.44. The molecule has 2 aromatic rings. The van der Waals surface area contributed by atoms with Gasteiger partial charge < -0.3 is 19.9 Å². The average molecular weight is 402 g/mol. The molecule has 0 bridgehead atoms. The van der Waals surface area contributed by atoms with E-state index < -0.39 is 23.7 Å². The Labute approximate surface area is 172 Å². The standard InChI is InChI=1S/C23H31NO5/c1-15(2)12-13-28-20-11-10-16-8-6-7-9-17(16)18(20)14-19(21(25)26)24-22(27)29-23(3,4)5/h6-11,15,19H,12-14H2,1-5H3,(H,24,27)(H,25,26). The van der Waals surface area contributed by atoms with Crippen molar-refractivity contribution in [2.45, 2.75) is 59.1 Å². The van der Waals surface area contributed by atoms with Crippen LogP contribution in [0.1, 0.15) is 46.6 Å². The normalized spacial score (nSPS) is 12.6. The molecule has 0 saturated carbocycles. The average Bonchev–Trinajstić information content (AvgIpc) is 2.60. The van der Waals surface area contributed by atoms with Crippen molar-refractivity contribution in [1.29, 1.82) is 0 Å². The number of nitrogens with one attached hydrogen (secondary N) is 1. The number of ether oxygens (including phenoxy) is 2. The smallest absolute Gasteiger partial charge is 0.408 e. The van der Waals surface area contributed by atoms with Crippen LogP contribution in [0.3, 0.4) is 0 Å². The summed E-state index contributed by atoms with van der Waals surface area (Å²) in [5, 5.41) is 14.0. The van der Waals surface area contributed by atoms with Gasteiger partial charge in [-0.25, -0.2) is 9.59 Å². The molecule has 0 aliphatic carbocycles. The minimum Gasteiger partial charge on any atom is -0.493 e. The zero-order valence-corrected chi connectivity index (χ0v) is 17.8. The Morgan fingerprint density at radius 3 is 2.41 bits per heavy atom. The molecule has 0 aliphatic rings. The molecule has 29 heavy (non-hydrogen) atoms. The number of carbonyl (C=O) groups excluding carboxylic acids is 1. The Morgan fingerprint density at radius 2 is 1.79 bits per heavy atom. The monoisotopic (exact) mass is 401 g/mol. The van der Waals surface area contributed by atoms with Gasteiger partial charge in [-0.15, -0.1) is 0 Å². The molecular formula is C23H31NO5. The highest BCUT2D eigenvalue weighted by atomic mass is 16.6. The molecule has 2 aromatic carbocycles. The van der Waals surface area contributed by atoms with E-state index in [-0.39, 0.29) is 6.42 Å². The summed E-state index contributed by atoms with van der Waals surface area (Å²) < 4.78 is 11.2. The van der Waals surface area contributed by atoms with Gasteiger partial charge in [0.05, 0.1) is 6.61 Å². The van der Waals surface area contributed by atoms with Crippen LogP contribution in [0.15, 0.2) is 36.4 Å². The first-order valence-corrected chi connectivity index (χ1v) is 9.92. The van der Waals surface area contributed by atoms with Crippen molar-refractivity contribution in [1.82, 2.24) is 5.32 Å². The highest BCUT2D eigenvalue weighted by molar-refractivity contribution is 5.89. The highest BCUT2D eigenvalue weighted by Crippen LogP contribution is 2.30. The van der Waals surface area contributed by atoms with Gasteiger partial charge in [0.1, 0.15) is 17.4 Å². The van der Waals surface area contributed by atoms with Crippen LogP contribution < -0.4 is 10.1 Å². The number of hydrogen-bond acceptors (Lipinski definition) is 4. The molecule has 0 saturated heterocycles. The van der Waals surface area contributed by atoms with Crippen molar-refractivity contribution in [3.8, 4) is 5.75 Å². The van der Waals surface area contributed by atoms with Crippen LogP contribution >= 0.6 is 0 Å². The van der Waals surface area contributed by atoms with E-state index in [4.69, 9.17) is 9.47 Å². The third-order valence-electron chi connectivity index (χ3n) is 4.35. The molecule has 0 radical (unpaired) electrons. The first-order valence-electron chi connectivity index (χ1n) is 9.92. The number of amides is 1.